The predicted octanol–water partition coefficient (Wildman–Crippen LogP) is 2.49. The first-order chi connectivity index (χ1) is 7.79. The van der Waals surface area contributed by atoms with Crippen LogP contribution in [-0.4, -0.2) is 24.8 Å². The number of pyridine rings is 1. The summed E-state index contributed by atoms with van der Waals surface area (Å²) in [6, 6.07) is 3.27. The largest absolute Gasteiger partial charge is 0.390 e. The Bertz CT molecular complexity index is 346. The van der Waals surface area contributed by atoms with Crippen molar-refractivity contribution in [2.75, 3.05) is 18.5 Å². The molecule has 0 aliphatic rings. The molecular weight excluding hydrogens is 231 g/mol. The number of nitrogens with zero attached hydrogens (tertiary/aromatic N) is 2. The van der Waals surface area contributed by atoms with E-state index in [4.69, 9.17) is 5.73 Å². The lowest BCUT2D eigenvalue weighted by molar-refractivity contribution is -0.132. The van der Waals surface area contributed by atoms with Gasteiger partial charge in [0.2, 0.25) is 0 Å². The molecule has 96 valence electrons. The fourth-order valence-electron chi connectivity index (χ4n) is 1.32. The fourth-order valence-corrected chi connectivity index (χ4v) is 1.32. The number of aromatic nitrogens is 1. The summed E-state index contributed by atoms with van der Waals surface area (Å²) in [7, 11) is 1.61. The van der Waals surface area contributed by atoms with Crippen LogP contribution >= 0.6 is 0 Å². The van der Waals surface area contributed by atoms with Gasteiger partial charge < -0.3 is 10.6 Å². The van der Waals surface area contributed by atoms with E-state index in [1.165, 1.54) is 11.1 Å². The Kier molecular flexibility index (Phi) is 4.34. The zero-order valence-corrected chi connectivity index (χ0v) is 9.83. The van der Waals surface area contributed by atoms with Crippen molar-refractivity contribution in [3.63, 3.8) is 0 Å². The van der Waals surface area contributed by atoms with Gasteiger partial charge >= 0.3 is 6.18 Å². The molecule has 0 radical (unpaired) electrons. The Morgan fingerprint density at radius 1 is 1.41 bits per heavy atom. The maximum atomic E-state index is 12.0. The summed E-state index contributed by atoms with van der Waals surface area (Å²) in [4.78, 5) is 5.62. The van der Waals surface area contributed by atoms with E-state index in [9.17, 15) is 13.2 Å². The summed E-state index contributed by atoms with van der Waals surface area (Å²) in [6.07, 6.45) is -3.43. The van der Waals surface area contributed by atoms with Gasteiger partial charge in [-0.2, -0.15) is 13.2 Å². The quantitative estimate of drug-likeness (QED) is 0.888. The third-order valence-electron chi connectivity index (χ3n) is 2.41. The van der Waals surface area contributed by atoms with Gasteiger partial charge in [0, 0.05) is 19.6 Å². The van der Waals surface area contributed by atoms with Crippen LogP contribution in [0.5, 0.6) is 0 Å². The van der Waals surface area contributed by atoms with Crippen molar-refractivity contribution in [2.45, 2.75) is 25.6 Å². The van der Waals surface area contributed by atoms with Crippen LogP contribution in [0.3, 0.4) is 0 Å². The lowest BCUT2D eigenvalue weighted by Gasteiger charge is -2.20. The highest BCUT2D eigenvalue weighted by molar-refractivity contribution is 5.43. The minimum absolute atomic E-state index is 0.0806. The molecule has 0 fully saturated rings. The maximum Gasteiger partial charge on any atom is 0.390 e. The second-order valence-electron chi connectivity index (χ2n) is 4.02. The molecule has 0 aromatic carbocycles. The first-order valence-corrected chi connectivity index (χ1v) is 5.29. The molecule has 1 heterocycles. The molecule has 17 heavy (non-hydrogen) atoms. The van der Waals surface area contributed by atoms with E-state index in [1.54, 1.807) is 26.1 Å². The van der Waals surface area contributed by atoms with Crippen molar-refractivity contribution >= 4 is 5.69 Å². The van der Waals surface area contributed by atoms with Gasteiger partial charge in [-0.3, -0.25) is 4.98 Å². The number of hydrogen-bond donors (Lipinski definition) is 1. The van der Waals surface area contributed by atoms with E-state index in [1.807, 2.05) is 0 Å². The molecule has 6 heteroatoms. The van der Waals surface area contributed by atoms with Gasteiger partial charge in [0.1, 0.15) is 0 Å². The van der Waals surface area contributed by atoms with Crippen LogP contribution < -0.4 is 10.6 Å². The molecule has 1 rings (SSSR count). The minimum Gasteiger partial charge on any atom is -0.373 e. The average molecular weight is 247 g/mol. The molecule has 1 aromatic heterocycles. The van der Waals surface area contributed by atoms with E-state index in [0.717, 1.165) is 5.69 Å². The highest BCUT2D eigenvalue weighted by Gasteiger charge is 2.27. The predicted molar refractivity (Wildman–Crippen MR) is 60.8 cm³/mol. The van der Waals surface area contributed by atoms with Gasteiger partial charge in [-0.25, -0.2) is 0 Å². The van der Waals surface area contributed by atoms with Crippen molar-refractivity contribution in [1.82, 2.24) is 4.98 Å². The smallest absolute Gasteiger partial charge is 0.373 e. The normalized spacial score (nSPS) is 13.5. The van der Waals surface area contributed by atoms with Crippen molar-refractivity contribution in [3.05, 3.63) is 24.0 Å². The van der Waals surface area contributed by atoms with Crippen LogP contribution in [0.4, 0.5) is 18.9 Å². The van der Waals surface area contributed by atoms with Crippen LogP contribution in [-0.2, 0) is 0 Å². The van der Waals surface area contributed by atoms with Crippen molar-refractivity contribution in [3.8, 4) is 0 Å². The first-order valence-electron chi connectivity index (χ1n) is 5.29. The van der Waals surface area contributed by atoms with E-state index in [-0.39, 0.29) is 12.6 Å². The number of halogens is 3. The Balaban J connectivity index is 2.60. The van der Waals surface area contributed by atoms with E-state index >= 15 is 0 Å². The summed E-state index contributed by atoms with van der Waals surface area (Å²) in [5, 5.41) is 0. The Labute approximate surface area is 98.4 Å². The van der Waals surface area contributed by atoms with Crippen molar-refractivity contribution < 1.29 is 13.2 Å². The van der Waals surface area contributed by atoms with Gasteiger partial charge in [-0.15, -0.1) is 0 Å². The van der Waals surface area contributed by atoms with Crippen LogP contribution in [0, 0.1) is 0 Å². The van der Waals surface area contributed by atoms with Gasteiger partial charge in [-0.05, 0) is 19.1 Å². The molecule has 1 atom stereocenters. The summed E-state index contributed by atoms with van der Waals surface area (Å²) in [5.74, 6) is 0. The summed E-state index contributed by atoms with van der Waals surface area (Å²) in [5.41, 5.74) is 7.00. The molecule has 0 spiro atoms. The molecule has 0 aliphatic heterocycles. The van der Waals surface area contributed by atoms with E-state index < -0.39 is 12.6 Å². The van der Waals surface area contributed by atoms with Crippen LogP contribution in [0.25, 0.3) is 0 Å². The third kappa shape index (κ3) is 4.60. The van der Waals surface area contributed by atoms with Crippen molar-refractivity contribution in [1.29, 1.82) is 0 Å². The monoisotopic (exact) mass is 247 g/mol. The molecule has 2 N–H and O–H groups in total. The Morgan fingerprint density at radius 3 is 2.47 bits per heavy atom. The van der Waals surface area contributed by atoms with Gasteiger partial charge in [0.15, 0.2) is 0 Å². The number of nitrogens with two attached hydrogens (primary N) is 1. The molecule has 0 saturated heterocycles. The fraction of sp³-hybridized carbons (Fsp3) is 0.545. The summed E-state index contributed by atoms with van der Waals surface area (Å²) < 4.78 is 36.1. The van der Waals surface area contributed by atoms with Crippen molar-refractivity contribution in [2.24, 2.45) is 5.73 Å². The molecule has 0 unspecified atom stereocenters. The Hall–Kier alpha value is -1.30. The standard InChI is InChI=1S/C11H16F3N3/c1-8(15)10-4-3-9(7-16-10)17(2)6-5-11(12,13)14/h3-4,7-8H,5-6,15H2,1-2H3/t8-/m0/s1. The van der Waals surface area contributed by atoms with E-state index in [2.05, 4.69) is 4.98 Å². The summed E-state index contributed by atoms with van der Waals surface area (Å²) >= 11 is 0. The van der Waals surface area contributed by atoms with E-state index in [0.29, 0.717) is 5.69 Å². The van der Waals surface area contributed by atoms with Crippen LogP contribution in [0.2, 0.25) is 0 Å². The molecule has 1 aromatic rings. The Morgan fingerprint density at radius 2 is 2.06 bits per heavy atom. The zero-order valence-electron chi connectivity index (χ0n) is 9.83. The molecule has 0 saturated carbocycles. The molecule has 0 amide bonds. The lowest BCUT2D eigenvalue weighted by atomic mass is 10.2. The maximum absolute atomic E-state index is 12.0. The molecule has 0 aliphatic carbocycles. The summed E-state index contributed by atoms with van der Waals surface area (Å²) in [6.45, 7) is 1.72. The third-order valence-corrected chi connectivity index (χ3v) is 2.41. The number of alkyl halides is 3. The average Bonchev–Trinajstić information content (AvgIpc) is 2.25. The van der Waals surface area contributed by atoms with Gasteiger partial charge in [0.25, 0.3) is 0 Å². The highest BCUT2D eigenvalue weighted by Crippen LogP contribution is 2.21. The SMILES string of the molecule is C[C@H](N)c1ccc(N(C)CCC(F)(F)F)cn1. The molecular formula is C11H16F3N3. The number of anilines is 1. The van der Waals surface area contributed by atoms with Gasteiger partial charge in [-0.1, -0.05) is 0 Å². The lowest BCUT2D eigenvalue weighted by Crippen LogP contribution is -2.24. The second-order valence-corrected chi connectivity index (χ2v) is 4.02. The molecule has 3 nitrogen and oxygen atoms in total. The van der Waals surface area contributed by atoms with Crippen LogP contribution in [0.15, 0.2) is 18.3 Å². The second kappa shape index (κ2) is 5.35. The number of hydrogen-bond acceptors (Lipinski definition) is 3. The van der Waals surface area contributed by atoms with Crippen LogP contribution in [0.1, 0.15) is 25.1 Å². The zero-order chi connectivity index (χ0) is 13.1. The van der Waals surface area contributed by atoms with Gasteiger partial charge in [0.05, 0.1) is 24.0 Å². The topological polar surface area (TPSA) is 42.1 Å². The highest BCUT2D eigenvalue weighted by atomic mass is 19.4. The molecule has 0 bridgehead atoms. The first kappa shape index (κ1) is 13.8. The minimum atomic E-state index is -4.13. The number of rotatable bonds is 4.